The van der Waals surface area contributed by atoms with Crippen molar-refractivity contribution in [3.8, 4) is 0 Å². The summed E-state index contributed by atoms with van der Waals surface area (Å²) >= 11 is 0. The molecule has 0 radical (unpaired) electrons. The number of rotatable bonds is 3. The fourth-order valence-electron chi connectivity index (χ4n) is 0.994. The lowest BCUT2D eigenvalue weighted by molar-refractivity contribution is 0.0670. The van der Waals surface area contributed by atoms with Crippen LogP contribution in [0.3, 0.4) is 0 Å². The van der Waals surface area contributed by atoms with Crippen LogP contribution in [-0.2, 0) is 19.2 Å². The minimum atomic E-state index is -3.48. The maximum absolute atomic E-state index is 11.2. The first-order valence-corrected chi connectivity index (χ1v) is 5.25. The van der Waals surface area contributed by atoms with Crippen LogP contribution in [0.25, 0.3) is 0 Å². The molecule has 72 valence electrons. The largest absolute Gasteiger partial charge is 0.379 e. The summed E-state index contributed by atoms with van der Waals surface area (Å²) in [7, 11) is -3.48. The first kappa shape index (κ1) is 9.91. The van der Waals surface area contributed by atoms with Crippen molar-refractivity contribution in [2.75, 3.05) is 32.9 Å². The van der Waals surface area contributed by atoms with Gasteiger partial charge in [0, 0.05) is 13.1 Å². The molecule has 1 fully saturated rings. The number of hydrogen-bond donors (Lipinski definition) is 0. The van der Waals surface area contributed by atoms with Crippen LogP contribution in [0.4, 0.5) is 0 Å². The van der Waals surface area contributed by atoms with E-state index in [1.165, 1.54) is 4.31 Å². The third kappa shape index (κ3) is 2.41. The second-order valence-electron chi connectivity index (χ2n) is 2.38. The van der Waals surface area contributed by atoms with Gasteiger partial charge < -0.3 is 4.74 Å². The van der Waals surface area contributed by atoms with E-state index in [4.69, 9.17) is 4.74 Å². The minimum Gasteiger partial charge on any atom is -0.379 e. The van der Waals surface area contributed by atoms with Gasteiger partial charge in [0.15, 0.2) is 0 Å². The van der Waals surface area contributed by atoms with Gasteiger partial charge in [-0.3, -0.25) is 4.18 Å². The molecule has 0 aromatic carbocycles. The summed E-state index contributed by atoms with van der Waals surface area (Å²) in [5.74, 6) is 0. The van der Waals surface area contributed by atoms with Gasteiger partial charge in [0.2, 0.25) is 0 Å². The van der Waals surface area contributed by atoms with Gasteiger partial charge >= 0.3 is 10.3 Å². The zero-order chi connectivity index (χ0) is 9.03. The fraction of sp³-hybridized carbons (Fsp3) is 1.00. The van der Waals surface area contributed by atoms with Crippen molar-refractivity contribution < 1.29 is 17.3 Å². The van der Waals surface area contributed by atoms with Crippen LogP contribution in [0.1, 0.15) is 6.92 Å². The average Bonchev–Trinajstić information content (AvgIpc) is 2.06. The molecule has 5 nitrogen and oxygen atoms in total. The van der Waals surface area contributed by atoms with E-state index in [1.807, 2.05) is 0 Å². The molecule has 12 heavy (non-hydrogen) atoms. The van der Waals surface area contributed by atoms with Crippen LogP contribution in [0.15, 0.2) is 0 Å². The smallest absolute Gasteiger partial charge is 0.338 e. The summed E-state index contributed by atoms with van der Waals surface area (Å²) in [6.07, 6.45) is 0. The first-order valence-electron chi connectivity index (χ1n) is 3.89. The highest BCUT2D eigenvalue weighted by Gasteiger charge is 2.24. The molecular formula is C6H13NO4S. The maximum Gasteiger partial charge on any atom is 0.338 e. The van der Waals surface area contributed by atoms with E-state index >= 15 is 0 Å². The molecule has 0 N–H and O–H groups in total. The molecule has 0 aromatic heterocycles. The third-order valence-electron chi connectivity index (χ3n) is 1.55. The summed E-state index contributed by atoms with van der Waals surface area (Å²) in [6, 6.07) is 0. The van der Waals surface area contributed by atoms with Crippen molar-refractivity contribution in [1.29, 1.82) is 0 Å². The molecule has 1 saturated heterocycles. The van der Waals surface area contributed by atoms with Gasteiger partial charge in [-0.1, -0.05) is 0 Å². The zero-order valence-corrected chi connectivity index (χ0v) is 7.84. The van der Waals surface area contributed by atoms with E-state index in [-0.39, 0.29) is 6.61 Å². The average molecular weight is 195 g/mol. The van der Waals surface area contributed by atoms with E-state index in [0.29, 0.717) is 26.3 Å². The molecule has 6 heteroatoms. The Morgan fingerprint density at radius 3 is 2.50 bits per heavy atom. The summed E-state index contributed by atoms with van der Waals surface area (Å²) < 4.78 is 33.4. The van der Waals surface area contributed by atoms with E-state index in [9.17, 15) is 8.42 Å². The van der Waals surface area contributed by atoms with Gasteiger partial charge in [0.1, 0.15) is 0 Å². The predicted octanol–water partition coefficient (Wildman–Crippen LogP) is -0.400. The Labute approximate surface area is 72.5 Å². The van der Waals surface area contributed by atoms with E-state index in [1.54, 1.807) is 6.92 Å². The second-order valence-corrected chi connectivity index (χ2v) is 3.98. The van der Waals surface area contributed by atoms with Gasteiger partial charge in [-0.05, 0) is 6.92 Å². The van der Waals surface area contributed by atoms with Crippen LogP contribution in [0.5, 0.6) is 0 Å². The summed E-state index contributed by atoms with van der Waals surface area (Å²) in [6.45, 7) is 3.51. The monoisotopic (exact) mass is 195 g/mol. The highest BCUT2D eigenvalue weighted by Crippen LogP contribution is 2.05. The molecule has 0 saturated carbocycles. The van der Waals surface area contributed by atoms with Gasteiger partial charge in [-0.25, -0.2) is 0 Å². The number of ether oxygens (including phenoxy) is 1. The zero-order valence-electron chi connectivity index (χ0n) is 7.02. The van der Waals surface area contributed by atoms with Crippen LogP contribution < -0.4 is 0 Å². The summed E-state index contributed by atoms with van der Waals surface area (Å²) in [5.41, 5.74) is 0. The number of morpholine rings is 1. The minimum absolute atomic E-state index is 0.180. The number of nitrogens with zero attached hydrogens (tertiary/aromatic N) is 1. The van der Waals surface area contributed by atoms with Gasteiger partial charge in [-0.15, -0.1) is 0 Å². The molecule has 1 aliphatic heterocycles. The van der Waals surface area contributed by atoms with Crippen molar-refractivity contribution in [2.45, 2.75) is 6.92 Å². The molecule has 0 spiro atoms. The fourth-order valence-corrected chi connectivity index (χ4v) is 2.04. The van der Waals surface area contributed by atoms with Crippen molar-refractivity contribution in [1.82, 2.24) is 4.31 Å². The lowest BCUT2D eigenvalue weighted by Gasteiger charge is -2.24. The van der Waals surface area contributed by atoms with Crippen molar-refractivity contribution >= 4 is 10.3 Å². The van der Waals surface area contributed by atoms with E-state index in [0.717, 1.165) is 0 Å². The van der Waals surface area contributed by atoms with Crippen molar-refractivity contribution in [3.63, 3.8) is 0 Å². The summed E-state index contributed by atoms with van der Waals surface area (Å²) in [4.78, 5) is 0. The first-order chi connectivity index (χ1) is 5.67. The quantitative estimate of drug-likeness (QED) is 0.615. The normalized spacial score (nSPS) is 21.1. The Morgan fingerprint density at radius 2 is 2.00 bits per heavy atom. The molecule has 1 aliphatic rings. The number of hydrogen-bond acceptors (Lipinski definition) is 4. The summed E-state index contributed by atoms with van der Waals surface area (Å²) in [5, 5.41) is 0. The highest BCUT2D eigenvalue weighted by atomic mass is 32.2. The van der Waals surface area contributed by atoms with Crippen LogP contribution in [-0.4, -0.2) is 45.6 Å². The van der Waals surface area contributed by atoms with Crippen LogP contribution in [0, 0.1) is 0 Å². The topological polar surface area (TPSA) is 55.8 Å². The Kier molecular flexibility index (Phi) is 3.45. The van der Waals surface area contributed by atoms with Crippen molar-refractivity contribution in [3.05, 3.63) is 0 Å². The Hall–Kier alpha value is -0.170. The highest BCUT2D eigenvalue weighted by molar-refractivity contribution is 7.84. The molecule has 0 unspecified atom stereocenters. The van der Waals surface area contributed by atoms with Crippen molar-refractivity contribution in [2.24, 2.45) is 0 Å². The van der Waals surface area contributed by atoms with E-state index < -0.39 is 10.3 Å². The van der Waals surface area contributed by atoms with Crippen LogP contribution >= 0.6 is 0 Å². The Balaban J connectivity index is 2.54. The predicted molar refractivity (Wildman–Crippen MR) is 42.9 cm³/mol. The SMILES string of the molecule is CCOS(=O)(=O)N1CCOCC1. The standard InChI is InChI=1S/C6H13NO4S/c1-2-11-12(8,9)7-3-5-10-6-4-7/h2-6H2,1H3. The Morgan fingerprint density at radius 1 is 1.42 bits per heavy atom. The molecule has 0 atom stereocenters. The van der Waals surface area contributed by atoms with Gasteiger partial charge in [0.05, 0.1) is 19.8 Å². The second kappa shape index (κ2) is 4.18. The van der Waals surface area contributed by atoms with E-state index in [2.05, 4.69) is 4.18 Å². The molecule has 1 heterocycles. The van der Waals surface area contributed by atoms with Crippen LogP contribution in [0.2, 0.25) is 0 Å². The molecule has 0 aromatic rings. The molecule has 1 rings (SSSR count). The van der Waals surface area contributed by atoms with Gasteiger partial charge in [0.25, 0.3) is 0 Å². The molecular weight excluding hydrogens is 182 g/mol. The lowest BCUT2D eigenvalue weighted by atomic mass is 10.5. The maximum atomic E-state index is 11.2. The lowest BCUT2D eigenvalue weighted by Crippen LogP contribution is -2.41. The molecule has 0 bridgehead atoms. The third-order valence-corrected chi connectivity index (χ3v) is 3.08. The molecule has 0 aliphatic carbocycles. The Bertz CT molecular complexity index is 220. The molecule has 0 amide bonds. The van der Waals surface area contributed by atoms with Gasteiger partial charge in [-0.2, -0.15) is 12.7 Å².